The van der Waals surface area contributed by atoms with E-state index in [0.717, 1.165) is 18.7 Å². The second kappa shape index (κ2) is 6.70. The maximum Gasteiger partial charge on any atom is 0.271 e. The number of nitro benzene ring substituents is 1. The van der Waals surface area contributed by atoms with Gasteiger partial charge >= 0.3 is 0 Å². The third-order valence-electron chi connectivity index (χ3n) is 3.33. The van der Waals surface area contributed by atoms with Crippen LogP contribution in [0, 0.1) is 10.1 Å². The maximum absolute atomic E-state index is 10.7. The fourth-order valence-electron chi connectivity index (χ4n) is 2.11. The molecule has 1 unspecified atom stereocenters. The minimum absolute atomic E-state index is 0.117. The van der Waals surface area contributed by atoms with Crippen LogP contribution in [0.5, 0.6) is 0 Å². The SMILES string of the molecule is CC(CCNc1cccc([N+](=O)[O-])c1)c1ccccc1. The second-order valence-electron chi connectivity index (χ2n) is 4.83. The van der Waals surface area contributed by atoms with Gasteiger partial charge in [0.25, 0.3) is 5.69 Å². The van der Waals surface area contributed by atoms with Crippen molar-refractivity contribution in [1.29, 1.82) is 0 Å². The molecule has 0 heterocycles. The molecular weight excluding hydrogens is 252 g/mol. The number of rotatable bonds is 6. The number of non-ortho nitro benzene ring substituents is 1. The van der Waals surface area contributed by atoms with Crippen LogP contribution in [-0.4, -0.2) is 11.5 Å². The molecule has 2 aromatic carbocycles. The van der Waals surface area contributed by atoms with Gasteiger partial charge in [-0.2, -0.15) is 0 Å². The van der Waals surface area contributed by atoms with Gasteiger partial charge in [-0.25, -0.2) is 0 Å². The summed E-state index contributed by atoms with van der Waals surface area (Å²) in [6.45, 7) is 2.97. The van der Waals surface area contributed by atoms with Crippen LogP contribution < -0.4 is 5.32 Å². The van der Waals surface area contributed by atoms with Gasteiger partial charge < -0.3 is 5.32 Å². The number of benzene rings is 2. The highest BCUT2D eigenvalue weighted by Crippen LogP contribution is 2.20. The summed E-state index contributed by atoms with van der Waals surface area (Å²) < 4.78 is 0. The van der Waals surface area contributed by atoms with Gasteiger partial charge in [0.1, 0.15) is 0 Å². The van der Waals surface area contributed by atoms with E-state index in [0.29, 0.717) is 5.92 Å². The van der Waals surface area contributed by atoms with E-state index < -0.39 is 0 Å². The lowest BCUT2D eigenvalue weighted by Crippen LogP contribution is -2.06. The van der Waals surface area contributed by atoms with Crippen LogP contribution >= 0.6 is 0 Å². The van der Waals surface area contributed by atoms with Crippen LogP contribution in [0.4, 0.5) is 11.4 Å². The molecule has 0 aromatic heterocycles. The molecule has 20 heavy (non-hydrogen) atoms. The molecule has 2 rings (SSSR count). The monoisotopic (exact) mass is 270 g/mol. The van der Waals surface area contributed by atoms with Gasteiger partial charge in [-0.3, -0.25) is 10.1 Å². The molecule has 0 bridgehead atoms. The highest BCUT2D eigenvalue weighted by molar-refractivity contribution is 5.50. The minimum Gasteiger partial charge on any atom is -0.385 e. The number of nitrogens with one attached hydrogen (secondary N) is 1. The molecule has 0 aliphatic rings. The van der Waals surface area contributed by atoms with Crippen LogP contribution in [0.25, 0.3) is 0 Å². The smallest absolute Gasteiger partial charge is 0.271 e. The molecule has 0 saturated heterocycles. The normalized spacial score (nSPS) is 11.8. The van der Waals surface area contributed by atoms with Crippen LogP contribution in [0.1, 0.15) is 24.8 Å². The molecule has 1 N–H and O–H groups in total. The summed E-state index contributed by atoms with van der Waals surface area (Å²) in [5.41, 5.74) is 2.22. The molecule has 2 aromatic rings. The summed E-state index contributed by atoms with van der Waals surface area (Å²) >= 11 is 0. The Labute approximate surface area is 118 Å². The fourth-order valence-corrected chi connectivity index (χ4v) is 2.11. The Balaban J connectivity index is 1.87. The molecule has 1 atom stereocenters. The molecule has 0 saturated carbocycles. The standard InChI is InChI=1S/C16H18N2O2/c1-13(14-6-3-2-4-7-14)10-11-17-15-8-5-9-16(12-15)18(19)20/h2-9,12-13,17H,10-11H2,1H3. The Kier molecular flexibility index (Phi) is 4.71. The Bertz CT molecular complexity index is 570. The minimum atomic E-state index is -0.377. The van der Waals surface area contributed by atoms with Crippen LogP contribution in [0.2, 0.25) is 0 Å². The zero-order valence-corrected chi connectivity index (χ0v) is 11.5. The van der Waals surface area contributed by atoms with Crippen molar-refractivity contribution >= 4 is 11.4 Å². The van der Waals surface area contributed by atoms with Crippen molar-refractivity contribution in [2.75, 3.05) is 11.9 Å². The van der Waals surface area contributed by atoms with E-state index in [1.807, 2.05) is 24.3 Å². The van der Waals surface area contributed by atoms with Crippen molar-refractivity contribution in [3.05, 3.63) is 70.3 Å². The van der Waals surface area contributed by atoms with Crippen LogP contribution in [-0.2, 0) is 0 Å². The predicted octanol–water partition coefficient (Wildman–Crippen LogP) is 4.20. The predicted molar refractivity (Wildman–Crippen MR) is 81.1 cm³/mol. The molecule has 0 spiro atoms. The van der Waals surface area contributed by atoms with E-state index in [4.69, 9.17) is 0 Å². The number of anilines is 1. The summed E-state index contributed by atoms with van der Waals surface area (Å²) in [7, 11) is 0. The van der Waals surface area contributed by atoms with Gasteiger partial charge in [0.15, 0.2) is 0 Å². The number of hydrogen-bond donors (Lipinski definition) is 1. The average molecular weight is 270 g/mol. The zero-order chi connectivity index (χ0) is 14.4. The van der Waals surface area contributed by atoms with E-state index in [1.165, 1.54) is 11.6 Å². The third kappa shape index (κ3) is 3.82. The Morgan fingerprint density at radius 1 is 1.15 bits per heavy atom. The van der Waals surface area contributed by atoms with Gasteiger partial charge in [0, 0.05) is 24.4 Å². The number of hydrogen-bond acceptors (Lipinski definition) is 3. The lowest BCUT2D eigenvalue weighted by Gasteiger charge is -2.13. The summed E-state index contributed by atoms with van der Waals surface area (Å²) in [6, 6.07) is 16.9. The highest BCUT2D eigenvalue weighted by Gasteiger charge is 2.07. The first-order valence-corrected chi connectivity index (χ1v) is 6.70. The first kappa shape index (κ1) is 14.1. The van der Waals surface area contributed by atoms with Crippen molar-refractivity contribution < 1.29 is 4.92 Å². The number of nitro groups is 1. The van der Waals surface area contributed by atoms with E-state index in [2.05, 4.69) is 24.4 Å². The van der Waals surface area contributed by atoms with Crippen molar-refractivity contribution in [3.63, 3.8) is 0 Å². The first-order chi connectivity index (χ1) is 9.66. The largest absolute Gasteiger partial charge is 0.385 e. The molecule has 0 aliphatic carbocycles. The highest BCUT2D eigenvalue weighted by atomic mass is 16.6. The topological polar surface area (TPSA) is 55.2 Å². The van der Waals surface area contributed by atoms with Gasteiger partial charge in [-0.05, 0) is 24.0 Å². The number of nitrogens with zero attached hydrogens (tertiary/aromatic N) is 1. The van der Waals surface area contributed by atoms with E-state index in [-0.39, 0.29) is 10.6 Å². The third-order valence-corrected chi connectivity index (χ3v) is 3.33. The Morgan fingerprint density at radius 3 is 2.60 bits per heavy atom. The molecule has 0 fully saturated rings. The van der Waals surface area contributed by atoms with Gasteiger partial charge in [0.05, 0.1) is 4.92 Å². The van der Waals surface area contributed by atoms with E-state index >= 15 is 0 Å². The first-order valence-electron chi connectivity index (χ1n) is 6.70. The van der Waals surface area contributed by atoms with Crippen LogP contribution in [0.15, 0.2) is 54.6 Å². The average Bonchev–Trinajstić information content (AvgIpc) is 2.48. The molecular formula is C16H18N2O2. The molecule has 0 amide bonds. The Hall–Kier alpha value is -2.36. The molecule has 4 nitrogen and oxygen atoms in total. The van der Waals surface area contributed by atoms with Gasteiger partial charge in [0.2, 0.25) is 0 Å². The summed E-state index contributed by atoms with van der Waals surface area (Å²) in [4.78, 5) is 10.3. The van der Waals surface area contributed by atoms with E-state index in [9.17, 15) is 10.1 Å². The molecule has 4 heteroatoms. The molecule has 0 radical (unpaired) electrons. The van der Waals surface area contributed by atoms with E-state index in [1.54, 1.807) is 12.1 Å². The fraction of sp³-hybridized carbons (Fsp3) is 0.250. The summed E-state index contributed by atoms with van der Waals surface area (Å²) in [6.07, 6.45) is 0.979. The van der Waals surface area contributed by atoms with Gasteiger partial charge in [-0.1, -0.05) is 43.3 Å². The lowest BCUT2D eigenvalue weighted by atomic mass is 9.98. The lowest BCUT2D eigenvalue weighted by molar-refractivity contribution is -0.384. The quantitative estimate of drug-likeness (QED) is 0.632. The van der Waals surface area contributed by atoms with Crippen molar-refractivity contribution in [1.82, 2.24) is 0 Å². The van der Waals surface area contributed by atoms with Crippen molar-refractivity contribution in [2.24, 2.45) is 0 Å². The van der Waals surface area contributed by atoms with Crippen LogP contribution in [0.3, 0.4) is 0 Å². The summed E-state index contributed by atoms with van der Waals surface area (Å²) in [5.74, 6) is 0.461. The Morgan fingerprint density at radius 2 is 1.90 bits per heavy atom. The summed E-state index contributed by atoms with van der Waals surface area (Å²) in [5, 5.41) is 13.9. The molecule has 104 valence electrons. The van der Waals surface area contributed by atoms with Crippen molar-refractivity contribution in [3.8, 4) is 0 Å². The second-order valence-corrected chi connectivity index (χ2v) is 4.83. The van der Waals surface area contributed by atoms with Gasteiger partial charge in [-0.15, -0.1) is 0 Å². The maximum atomic E-state index is 10.7. The zero-order valence-electron chi connectivity index (χ0n) is 11.5. The van der Waals surface area contributed by atoms with Crippen molar-refractivity contribution in [2.45, 2.75) is 19.3 Å². The molecule has 0 aliphatic heterocycles.